The van der Waals surface area contributed by atoms with E-state index in [1.54, 1.807) is 48.5 Å². The lowest BCUT2D eigenvalue weighted by atomic mass is 10.1. The van der Waals surface area contributed by atoms with E-state index in [1.165, 1.54) is 6.08 Å². The van der Waals surface area contributed by atoms with Crippen LogP contribution >= 0.6 is 23.2 Å². The molecule has 0 aromatic heterocycles. The summed E-state index contributed by atoms with van der Waals surface area (Å²) in [5.74, 6) is 0.503. The quantitative estimate of drug-likeness (QED) is 0.260. The Kier molecular flexibility index (Phi) is 9.02. The maximum Gasteiger partial charge on any atom is 0.266 e. The Hall–Kier alpha value is -3.66. The third kappa shape index (κ3) is 7.16. The molecule has 0 bridgehead atoms. The lowest BCUT2D eigenvalue weighted by Gasteiger charge is -2.14. The lowest BCUT2D eigenvalue weighted by molar-refractivity contribution is -0.112. The SMILES string of the molecule is CCOc1cc(/C=C(/C#N)C(=O)Nc2ccc(N(C)C)cc2)ccc1OCc1ccc(Cl)cc1Cl. The monoisotopic (exact) mass is 509 g/mol. The van der Waals surface area contributed by atoms with Crippen LogP contribution in [0.3, 0.4) is 0 Å². The maximum absolute atomic E-state index is 12.7. The Labute approximate surface area is 215 Å². The summed E-state index contributed by atoms with van der Waals surface area (Å²) in [6.07, 6.45) is 1.51. The second kappa shape index (κ2) is 12.2. The lowest BCUT2D eigenvalue weighted by Crippen LogP contribution is -2.14. The van der Waals surface area contributed by atoms with Crippen molar-refractivity contribution in [3.8, 4) is 17.6 Å². The normalized spacial score (nSPS) is 10.9. The first kappa shape index (κ1) is 26.0. The van der Waals surface area contributed by atoms with E-state index in [2.05, 4.69) is 5.32 Å². The number of nitrogens with zero attached hydrogens (tertiary/aromatic N) is 2. The van der Waals surface area contributed by atoms with Crippen LogP contribution in [0.4, 0.5) is 11.4 Å². The van der Waals surface area contributed by atoms with E-state index in [1.807, 2.05) is 44.1 Å². The van der Waals surface area contributed by atoms with Crippen LogP contribution in [0.25, 0.3) is 6.08 Å². The minimum atomic E-state index is -0.499. The number of benzene rings is 3. The van der Waals surface area contributed by atoms with Gasteiger partial charge in [-0.25, -0.2) is 0 Å². The van der Waals surface area contributed by atoms with Gasteiger partial charge in [0.15, 0.2) is 11.5 Å². The van der Waals surface area contributed by atoms with Gasteiger partial charge in [-0.1, -0.05) is 35.3 Å². The Balaban J connectivity index is 1.76. The van der Waals surface area contributed by atoms with Gasteiger partial charge in [0, 0.05) is 41.1 Å². The Morgan fingerprint density at radius 1 is 1.03 bits per heavy atom. The van der Waals surface area contributed by atoms with Gasteiger partial charge in [-0.05, 0) is 67.1 Å². The van der Waals surface area contributed by atoms with E-state index in [-0.39, 0.29) is 12.2 Å². The molecule has 180 valence electrons. The number of carbonyl (C=O) groups excluding carboxylic acids is 1. The number of nitrogens with one attached hydrogen (secondary N) is 1. The largest absolute Gasteiger partial charge is 0.490 e. The van der Waals surface area contributed by atoms with E-state index in [9.17, 15) is 10.1 Å². The van der Waals surface area contributed by atoms with Gasteiger partial charge in [-0.2, -0.15) is 5.26 Å². The second-order valence-electron chi connectivity index (χ2n) is 7.73. The molecule has 0 fully saturated rings. The van der Waals surface area contributed by atoms with Gasteiger partial charge in [-0.3, -0.25) is 4.79 Å². The number of halogens is 2. The molecule has 1 amide bonds. The molecular formula is C27H25Cl2N3O3. The van der Waals surface area contributed by atoms with Gasteiger partial charge in [0.2, 0.25) is 0 Å². The summed E-state index contributed by atoms with van der Waals surface area (Å²) in [5, 5.41) is 13.4. The van der Waals surface area contributed by atoms with Crippen LogP contribution in [0.5, 0.6) is 11.5 Å². The molecule has 35 heavy (non-hydrogen) atoms. The third-order valence-corrected chi connectivity index (χ3v) is 5.57. The van der Waals surface area contributed by atoms with Crippen molar-refractivity contribution in [2.24, 2.45) is 0 Å². The molecule has 0 spiro atoms. The fourth-order valence-electron chi connectivity index (χ4n) is 3.15. The first-order valence-electron chi connectivity index (χ1n) is 10.8. The Morgan fingerprint density at radius 3 is 2.40 bits per heavy atom. The fourth-order valence-corrected chi connectivity index (χ4v) is 3.62. The van der Waals surface area contributed by atoms with Crippen molar-refractivity contribution >= 4 is 46.6 Å². The van der Waals surface area contributed by atoms with Crippen LogP contribution in [0.1, 0.15) is 18.1 Å². The molecule has 6 nitrogen and oxygen atoms in total. The number of rotatable bonds is 9. The van der Waals surface area contributed by atoms with Crippen molar-refractivity contribution < 1.29 is 14.3 Å². The summed E-state index contributed by atoms with van der Waals surface area (Å²) >= 11 is 12.2. The van der Waals surface area contributed by atoms with E-state index in [4.69, 9.17) is 32.7 Å². The van der Waals surface area contributed by atoms with E-state index >= 15 is 0 Å². The van der Waals surface area contributed by atoms with E-state index in [0.717, 1.165) is 11.3 Å². The van der Waals surface area contributed by atoms with Crippen LogP contribution in [-0.4, -0.2) is 26.6 Å². The summed E-state index contributed by atoms with van der Waals surface area (Å²) in [4.78, 5) is 14.6. The Bertz CT molecular complexity index is 1270. The summed E-state index contributed by atoms with van der Waals surface area (Å²) in [5.41, 5.74) is 2.97. The highest BCUT2D eigenvalue weighted by Gasteiger charge is 2.12. The van der Waals surface area contributed by atoms with Crippen molar-refractivity contribution in [2.45, 2.75) is 13.5 Å². The van der Waals surface area contributed by atoms with Crippen molar-refractivity contribution in [3.63, 3.8) is 0 Å². The van der Waals surface area contributed by atoms with Crippen molar-refractivity contribution in [1.82, 2.24) is 0 Å². The predicted octanol–water partition coefficient (Wildman–Crippen LogP) is 6.58. The Morgan fingerprint density at radius 2 is 1.77 bits per heavy atom. The molecule has 3 aromatic carbocycles. The number of hydrogen-bond donors (Lipinski definition) is 1. The van der Waals surface area contributed by atoms with Gasteiger partial charge >= 0.3 is 0 Å². The summed E-state index contributed by atoms with van der Waals surface area (Å²) in [7, 11) is 3.87. The minimum absolute atomic E-state index is 0.0363. The molecule has 0 aliphatic heterocycles. The highest BCUT2D eigenvalue weighted by molar-refractivity contribution is 6.35. The van der Waals surface area contributed by atoms with Gasteiger partial charge in [0.1, 0.15) is 18.2 Å². The van der Waals surface area contributed by atoms with Crippen LogP contribution in [-0.2, 0) is 11.4 Å². The molecule has 3 rings (SSSR count). The fraction of sp³-hybridized carbons (Fsp3) is 0.185. The summed E-state index contributed by atoms with van der Waals surface area (Å²) < 4.78 is 11.6. The highest BCUT2D eigenvalue weighted by atomic mass is 35.5. The van der Waals surface area contributed by atoms with Crippen molar-refractivity contribution in [2.75, 3.05) is 30.9 Å². The molecule has 1 N–H and O–H groups in total. The van der Waals surface area contributed by atoms with E-state index in [0.29, 0.717) is 39.4 Å². The van der Waals surface area contributed by atoms with Gasteiger partial charge in [-0.15, -0.1) is 0 Å². The number of carbonyl (C=O) groups is 1. The topological polar surface area (TPSA) is 74.6 Å². The number of ether oxygens (including phenoxy) is 2. The van der Waals surface area contributed by atoms with Crippen molar-refractivity contribution in [3.05, 3.63) is 87.4 Å². The first-order chi connectivity index (χ1) is 16.8. The zero-order valence-corrected chi connectivity index (χ0v) is 21.2. The van der Waals surface area contributed by atoms with Gasteiger partial charge < -0.3 is 19.7 Å². The first-order valence-corrected chi connectivity index (χ1v) is 11.6. The zero-order valence-electron chi connectivity index (χ0n) is 19.6. The standard InChI is InChI=1S/C27H25Cl2N3O3/c1-4-34-26-14-18(5-12-25(26)35-17-19-6-7-21(28)15-24(19)29)13-20(16-30)27(33)31-22-8-10-23(11-9-22)32(2)3/h5-15H,4,17H2,1-3H3,(H,31,33)/b20-13-. The molecule has 0 atom stereocenters. The number of anilines is 2. The molecule has 8 heteroatoms. The van der Waals surface area contributed by atoms with Gasteiger partial charge in [0.25, 0.3) is 5.91 Å². The maximum atomic E-state index is 12.7. The van der Waals surface area contributed by atoms with Crippen LogP contribution in [0.15, 0.2) is 66.2 Å². The third-order valence-electron chi connectivity index (χ3n) is 4.98. The molecular weight excluding hydrogens is 485 g/mol. The molecule has 0 heterocycles. The molecule has 0 radical (unpaired) electrons. The van der Waals surface area contributed by atoms with E-state index < -0.39 is 5.91 Å². The molecule has 0 unspecified atom stereocenters. The smallest absolute Gasteiger partial charge is 0.266 e. The molecule has 0 saturated carbocycles. The average molecular weight is 510 g/mol. The summed E-state index contributed by atoms with van der Waals surface area (Å²) in [6, 6.07) is 19.7. The number of nitriles is 1. The number of hydrogen-bond acceptors (Lipinski definition) is 5. The molecule has 0 saturated heterocycles. The minimum Gasteiger partial charge on any atom is -0.490 e. The van der Waals surface area contributed by atoms with Crippen LogP contribution in [0, 0.1) is 11.3 Å². The van der Waals surface area contributed by atoms with Crippen LogP contribution < -0.4 is 19.7 Å². The van der Waals surface area contributed by atoms with Gasteiger partial charge in [0.05, 0.1) is 6.61 Å². The zero-order chi connectivity index (χ0) is 25.4. The average Bonchev–Trinajstić information content (AvgIpc) is 2.83. The van der Waals surface area contributed by atoms with Crippen LogP contribution in [0.2, 0.25) is 10.0 Å². The summed E-state index contributed by atoms with van der Waals surface area (Å²) in [6.45, 7) is 2.50. The molecule has 0 aliphatic rings. The highest BCUT2D eigenvalue weighted by Crippen LogP contribution is 2.31. The predicted molar refractivity (Wildman–Crippen MR) is 141 cm³/mol. The number of amides is 1. The molecule has 0 aliphatic carbocycles. The van der Waals surface area contributed by atoms with Crippen molar-refractivity contribution in [1.29, 1.82) is 5.26 Å². The molecule has 3 aromatic rings. The second-order valence-corrected chi connectivity index (χ2v) is 8.57.